The molecule has 1 aliphatic heterocycles. The normalized spacial score (nSPS) is 16.1. The molecule has 1 saturated heterocycles. The fraction of sp³-hybridized carbons (Fsp3) is 0.364. The van der Waals surface area contributed by atoms with Gasteiger partial charge < -0.3 is 20.3 Å². The Labute approximate surface area is 165 Å². The highest BCUT2D eigenvalue weighted by molar-refractivity contribution is 5.95. The quantitative estimate of drug-likeness (QED) is 0.739. The molecule has 6 nitrogen and oxygen atoms in total. The highest BCUT2D eigenvalue weighted by Crippen LogP contribution is 2.26. The molecule has 1 unspecified atom stereocenters. The molecule has 1 fully saturated rings. The number of nitrogens with one attached hydrogen (secondary N) is 2. The number of urea groups is 1. The smallest absolute Gasteiger partial charge is 0.314 e. The Morgan fingerprint density at radius 3 is 2.57 bits per heavy atom. The van der Waals surface area contributed by atoms with Gasteiger partial charge in [-0.05, 0) is 43.2 Å². The summed E-state index contributed by atoms with van der Waals surface area (Å²) in [6.07, 6.45) is 1.24. The summed E-state index contributed by atoms with van der Waals surface area (Å²) in [4.78, 5) is 26.1. The molecule has 1 atom stereocenters. The number of anilines is 1. The first-order valence-electron chi connectivity index (χ1n) is 9.74. The molecule has 6 heteroatoms. The van der Waals surface area contributed by atoms with E-state index in [2.05, 4.69) is 10.6 Å². The van der Waals surface area contributed by atoms with Crippen molar-refractivity contribution >= 4 is 17.6 Å². The van der Waals surface area contributed by atoms with Gasteiger partial charge in [-0.1, -0.05) is 30.3 Å². The van der Waals surface area contributed by atoms with E-state index in [9.17, 15) is 9.59 Å². The Morgan fingerprint density at radius 1 is 1.11 bits per heavy atom. The molecule has 0 radical (unpaired) electrons. The van der Waals surface area contributed by atoms with Gasteiger partial charge in [0.1, 0.15) is 5.75 Å². The molecule has 0 aliphatic carbocycles. The minimum atomic E-state index is -0.192. The van der Waals surface area contributed by atoms with Crippen molar-refractivity contribution in [3.63, 3.8) is 0 Å². The van der Waals surface area contributed by atoms with Gasteiger partial charge in [-0.15, -0.1) is 0 Å². The first kappa shape index (κ1) is 19.7. The number of hydrogen-bond acceptors (Lipinski definition) is 3. The van der Waals surface area contributed by atoms with Crippen LogP contribution >= 0.6 is 0 Å². The summed E-state index contributed by atoms with van der Waals surface area (Å²) in [5.41, 5.74) is 2.05. The molecule has 0 aromatic heterocycles. The van der Waals surface area contributed by atoms with Crippen molar-refractivity contribution in [2.75, 3.05) is 31.1 Å². The topological polar surface area (TPSA) is 70.7 Å². The molecule has 28 heavy (non-hydrogen) atoms. The van der Waals surface area contributed by atoms with Crippen LogP contribution in [0, 0.1) is 5.92 Å². The van der Waals surface area contributed by atoms with Gasteiger partial charge in [0.05, 0.1) is 6.61 Å². The second kappa shape index (κ2) is 9.78. The number of amides is 3. The van der Waals surface area contributed by atoms with Crippen LogP contribution in [-0.4, -0.2) is 38.2 Å². The SMILES string of the molecule is CCOc1ccc(N2CC(CNC(=O)NCCc3ccccc3)CC2=O)cc1. The maximum absolute atomic E-state index is 12.3. The number of nitrogens with zero attached hydrogens (tertiary/aromatic N) is 1. The third-order valence-electron chi connectivity index (χ3n) is 4.76. The zero-order valence-corrected chi connectivity index (χ0v) is 16.2. The van der Waals surface area contributed by atoms with Gasteiger partial charge >= 0.3 is 6.03 Å². The van der Waals surface area contributed by atoms with Crippen LogP contribution in [0.1, 0.15) is 18.9 Å². The van der Waals surface area contributed by atoms with Crippen LogP contribution < -0.4 is 20.3 Å². The van der Waals surface area contributed by atoms with Crippen molar-refractivity contribution in [3.05, 3.63) is 60.2 Å². The highest BCUT2D eigenvalue weighted by Gasteiger charge is 2.30. The number of carbonyl (C=O) groups is 2. The number of rotatable bonds is 8. The van der Waals surface area contributed by atoms with E-state index < -0.39 is 0 Å². The van der Waals surface area contributed by atoms with E-state index in [0.29, 0.717) is 32.7 Å². The predicted molar refractivity (Wildman–Crippen MR) is 110 cm³/mol. The lowest BCUT2D eigenvalue weighted by Crippen LogP contribution is -2.39. The Balaban J connectivity index is 1.40. The van der Waals surface area contributed by atoms with Crippen molar-refractivity contribution in [1.82, 2.24) is 10.6 Å². The molecule has 3 amide bonds. The molecular weight excluding hydrogens is 354 g/mol. The van der Waals surface area contributed by atoms with Gasteiger partial charge in [0.25, 0.3) is 0 Å². The Morgan fingerprint density at radius 2 is 1.86 bits per heavy atom. The van der Waals surface area contributed by atoms with E-state index in [1.54, 1.807) is 4.90 Å². The molecule has 2 aromatic rings. The summed E-state index contributed by atoms with van der Waals surface area (Å²) < 4.78 is 5.44. The summed E-state index contributed by atoms with van der Waals surface area (Å²) in [6.45, 7) is 4.22. The molecule has 148 valence electrons. The molecule has 0 spiro atoms. The van der Waals surface area contributed by atoms with Crippen molar-refractivity contribution < 1.29 is 14.3 Å². The minimum Gasteiger partial charge on any atom is -0.494 e. The summed E-state index contributed by atoms with van der Waals surface area (Å²) in [5, 5.41) is 5.75. The average Bonchev–Trinajstić information content (AvgIpc) is 3.09. The molecule has 3 rings (SSSR count). The Kier molecular flexibility index (Phi) is 6.89. The molecule has 0 saturated carbocycles. The Hall–Kier alpha value is -3.02. The molecule has 1 heterocycles. The van der Waals surface area contributed by atoms with Crippen molar-refractivity contribution in [2.45, 2.75) is 19.8 Å². The van der Waals surface area contributed by atoms with Gasteiger partial charge in [0.15, 0.2) is 0 Å². The van der Waals surface area contributed by atoms with Gasteiger partial charge in [0.2, 0.25) is 5.91 Å². The molecule has 2 N–H and O–H groups in total. The summed E-state index contributed by atoms with van der Waals surface area (Å²) in [6, 6.07) is 17.4. The van der Waals surface area contributed by atoms with Crippen LogP contribution in [0.4, 0.5) is 10.5 Å². The van der Waals surface area contributed by atoms with Gasteiger partial charge in [-0.25, -0.2) is 4.79 Å². The van der Waals surface area contributed by atoms with E-state index in [4.69, 9.17) is 4.74 Å². The second-order valence-corrected chi connectivity index (χ2v) is 6.87. The van der Waals surface area contributed by atoms with Crippen molar-refractivity contribution in [3.8, 4) is 5.75 Å². The standard InChI is InChI=1S/C22H27N3O3/c1-2-28-20-10-8-19(9-11-20)25-16-18(14-21(25)26)15-24-22(27)23-13-12-17-6-4-3-5-7-17/h3-11,18H,2,12-16H2,1H3,(H2,23,24,27). The second-order valence-electron chi connectivity index (χ2n) is 6.87. The molecular formula is C22H27N3O3. The monoisotopic (exact) mass is 381 g/mol. The molecule has 2 aromatic carbocycles. The van der Waals surface area contributed by atoms with Crippen LogP contribution in [0.5, 0.6) is 5.75 Å². The number of hydrogen-bond donors (Lipinski definition) is 2. The maximum Gasteiger partial charge on any atom is 0.314 e. The maximum atomic E-state index is 12.3. The Bertz CT molecular complexity index is 777. The lowest BCUT2D eigenvalue weighted by Gasteiger charge is -2.17. The summed E-state index contributed by atoms with van der Waals surface area (Å²) in [7, 11) is 0. The lowest BCUT2D eigenvalue weighted by atomic mass is 10.1. The van der Waals surface area contributed by atoms with Crippen LogP contribution in [0.3, 0.4) is 0 Å². The number of benzene rings is 2. The fourth-order valence-electron chi connectivity index (χ4n) is 3.32. The van der Waals surface area contributed by atoms with Crippen molar-refractivity contribution in [2.24, 2.45) is 5.92 Å². The largest absolute Gasteiger partial charge is 0.494 e. The predicted octanol–water partition coefficient (Wildman–Crippen LogP) is 2.98. The zero-order valence-electron chi connectivity index (χ0n) is 16.2. The lowest BCUT2D eigenvalue weighted by molar-refractivity contribution is -0.117. The summed E-state index contributed by atoms with van der Waals surface area (Å²) in [5.74, 6) is 0.989. The molecule has 1 aliphatic rings. The first-order valence-corrected chi connectivity index (χ1v) is 9.74. The van der Waals surface area contributed by atoms with E-state index in [-0.39, 0.29) is 17.9 Å². The van der Waals surface area contributed by atoms with Gasteiger partial charge in [-0.3, -0.25) is 4.79 Å². The van der Waals surface area contributed by atoms with Crippen LogP contribution in [0.2, 0.25) is 0 Å². The zero-order chi connectivity index (χ0) is 19.8. The molecule has 0 bridgehead atoms. The third kappa shape index (κ3) is 5.49. The average molecular weight is 381 g/mol. The fourth-order valence-corrected chi connectivity index (χ4v) is 3.32. The summed E-state index contributed by atoms with van der Waals surface area (Å²) >= 11 is 0. The highest BCUT2D eigenvalue weighted by atomic mass is 16.5. The van der Waals surface area contributed by atoms with E-state index >= 15 is 0 Å². The van der Waals surface area contributed by atoms with E-state index in [0.717, 1.165) is 17.9 Å². The van der Waals surface area contributed by atoms with Crippen LogP contribution in [0.25, 0.3) is 0 Å². The van der Waals surface area contributed by atoms with Gasteiger partial charge in [0, 0.05) is 37.7 Å². The van der Waals surface area contributed by atoms with E-state index in [1.807, 2.05) is 61.5 Å². The number of carbonyl (C=O) groups excluding carboxylic acids is 2. The van der Waals surface area contributed by atoms with Crippen molar-refractivity contribution in [1.29, 1.82) is 0 Å². The third-order valence-corrected chi connectivity index (χ3v) is 4.76. The van der Waals surface area contributed by atoms with E-state index in [1.165, 1.54) is 5.56 Å². The van der Waals surface area contributed by atoms with Crippen LogP contribution in [-0.2, 0) is 11.2 Å². The van der Waals surface area contributed by atoms with Crippen LogP contribution in [0.15, 0.2) is 54.6 Å². The first-order chi connectivity index (χ1) is 13.7. The number of ether oxygens (including phenoxy) is 1. The minimum absolute atomic E-state index is 0.0837. The van der Waals surface area contributed by atoms with Gasteiger partial charge in [-0.2, -0.15) is 0 Å².